The zero-order chi connectivity index (χ0) is 8.77. The van der Waals surface area contributed by atoms with E-state index in [1.165, 1.54) is 6.42 Å². The normalized spacial score (nSPS) is 45.8. The lowest BCUT2D eigenvalue weighted by Crippen LogP contribution is -2.31. The number of alkyl halides is 1. The highest BCUT2D eigenvalue weighted by Crippen LogP contribution is 2.38. The summed E-state index contributed by atoms with van der Waals surface area (Å²) < 4.78 is 11.5. The van der Waals surface area contributed by atoms with Crippen LogP contribution in [0, 0.1) is 0 Å². The number of rotatable bonds is 0. The molecule has 3 heteroatoms. The van der Waals surface area contributed by atoms with Gasteiger partial charge >= 0.3 is 0 Å². The summed E-state index contributed by atoms with van der Waals surface area (Å²) in [5.74, 6) is -0.355. The van der Waals surface area contributed by atoms with Crippen LogP contribution in [-0.2, 0) is 9.47 Å². The molecule has 0 aromatic heterocycles. The van der Waals surface area contributed by atoms with Gasteiger partial charge in [-0.25, -0.2) is 0 Å². The maximum atomic E-state index is 5.77. The van der Waals surface area contributed by atoms with Gasteiger partial charge in [0.1, 0.15) is 0 Å². The second kappa shape index (κ2) is 2.96. The van der Waals surface area contributed by atoms with Gasteiger partial charge in [0.2, 0.25) is 0 Å². The molecule has 1 saturated heterocycles. The summed E-state index contributed by atoms with van der Waals surface area (Å²) in [5.41, 5.74) is 0. The number of hydrogen-bond donors (Lipinski definition) is 0. The van der Waals surface area contributed by atoms with Gasteiger partial charge in [0.25, 0.3) is 0 Å². The van der Waals surface area contributed by atoms with Gasteiger partial charge in [-0.1, -0.05) is 15.9 Å². The van der Waals surface area contributed by atoms with Crippen LogP contribution in [0.15, 0.2) is 0 Å². The lowest BCUT2D eigenvalue weighted by molar-refractivity contribution is -0.145. The molecule has 3 unspecified atom stereocenters. The van der Waals surface area contributed by atoms with Gasteiger partial charge in [0.15, 0.2) is 5.79 Å². The number of hydrogen-bond acceptors (Lipinski definition) is 2. The summed E-state index contributed by atoms with van der Waals surface area (Å²) >= 11 is 3.63. The van der Waals surface area contributed by atoms with Gasteiger partial charge in [-0.3, -0.25) is 0 Å². The molecule has 2 fully saturated rings. The molecule has 0 N–H and O–H groups in total. The molecular formula is C9H15BrO2. The summed E-state index contributed by atoms with van der Waals surface area (Å²) in [6.45, 7) is 3.99. The predicted molar refractivity (Wildman–Crippen MR) is 50.4 cm³/mol. The molecule has 1 saturated carbocycles. The third kappa shape index (κ3) is 1.68. The average molecular weight is 235 g/mol. The van der Waals surface area contributed by atoms with E-state index in [1.54, 1.807) is 0 Å². The van der Waals surface area contributed by atoms with Crippen LogP contribution in [0.5, 0.6) is 0 Å². The van der Waals surface area contributed by atoms with Crippen LogP contribution < -0.4 is 0 Å². The second-order valence-corrected chi connectivity index (χ2v) is 5.42. The van der Waals surface area contributed by atoms with Crippen molar-refractivity contribution in [1.82, 2.24) is 0 Å². The maximum absolute atomic E-state index is 5.77. The first-order chi connectivity index (χ1) is 5.57. The van der Waals surface area contributed by atoms with Crippen molar-refractivity contribution >= 4 is 15.9 Å². The van der Waals surface area contributed by atoms with Crippen molar-refractivity contribution in [2.75, 3.05) is 0 Å². The number of fused-ring (bicyclic) bond motifs is 1. The molecule has 12 heavy (non-hydrogen) atoms. The summed E-state index contributed by atoms with van der Waals surface area (Å²) in [5, 5.41) is 0. The lowest BCUT2D eigenvalue weighted by Gasteiger charge is -2.25. The van der Waals surface area contributed by atoms with Crippen molar-refractivity contribution < 1.29 is 9.47 Å². The van der Waals surface area contributed by atoms with Gasteiger partial charge in [-0.2, -0.15) is 0 Å². The third-order valence-corrected chi connectivity index (χ3v) is 3.37. The predicted octanol–water partition coefficient (Wildman–Crippen LogP) is 2.45. The van der Waals surface area contributed by atoms with E-state index >= 15 is 0 Å². The molecule has 0 radical (unpaired) electrons. The van der Waals surface area contributed by atoms with E-state index in [2.05, 4.69) is 15.9 Å². The fourth-order valence-electron chi connectivity index (χ4n) is 2.07. The van der Waals surface area contributed by atoms with Crippen LogP contribution in [0.1, 0.15) is 33.1 Å². The molecular weight excluding hydrogens is 220 g/mol. The maximum Gasteiger partial charge on any atom is 0.163 e. The van der Waals surface area contributed by atoms with Crippen molar-refractivity contribution in [3.05, 3.63) is 0 Å². The van der Waals surface area contributed by atoms with Crippen LogP contribution in [-0.4, -0.2) is 22.8 Å². The first kappa shape index (κ1) is 8.97. The topological polar surface area (TPSA) is 18.5 Å². The standard InChI is InChI=1S/C9H15BrO2/c1-9(2)11-7-4-3-6(10)5-8(7)12-9/h6-8H,3-5H2,1-2H3. The smallest absolute Gasteiger partial charge is 0.163 e. The molecule has 0 bridgehead atoms. The summed E-state index contributed by atoms with van der Waals surface area (Å²) in [6.07, 6.45) is 4.09. The van der Waals surface area contributed by atoms with E-state index in [0.29, 0.717) is 17.0 Å². The molecule has 2 nitrogen and oxygen atoms in total. The molecule has 3 atom stereocenters. The van der Waals surface area contributed by atoms with E-state index in [-0.39, 0.29) is 5.79 Å². The molecule has 2 rings (SSSR count). The van der Waals surface area contributed by atoms with Crippen molar-refractivity contribution in [1.29, 1.82) is 0 Å². The van der Waals surface area contributed by atoms with Crippen LogP contribution in [0.25, 0.3) is 0 Å². The fourth-order valence-corrected chi connectivity index (χ4v) is 2.70. The largest absolute Gasteiger partial charge is 0.345 e. The molecule has 0 amide bonds. The average Bonchev–Trinajstić information content (AvgIpc) is 2.21. The van der Waals surface area contributed by atoms with Gasteiger partial charge in [0.05, 0.1) is 12.2 Å². The summed E-state index contributed by atoms with van der Waals surface area (Å²) in [7, 11) is 0. The Balaban J connectivity index is 2.02. The Morgan fingerprint density at radius 2 is 1.83 bits per heavy atom. The fraction of sp³-hybridized carbons (Fsp3) is 1.00. The van der Waals surface area contributed by atoms with Crippen molar-refractivity contribution in [3.63, 3.8) is 0 Å². The Labute approximate surface area is 81.7 Å². The number of ether oxygens (including phenoxy) is 2. The molecule has 0 aromatic rings. The minimum absolute atomic E-state index is 0.318. The first-order valence-electron chi connectivity index (χ1n) is 4.56. The summed E-state index contributed by atoms with van der Waals surface area (Å²) in [4.78, 5) is 0.622. The second-order valence-electron chi connectivity index (χ2n) is 4.12. The van der Waals surface area contributed by atoms with E-state index in [9.17, 15) is 0 Å². The summed E-state index contributed by atoms with van der Waals surface area (Å²) in [6, 6.07) is 0. The van der Waals surface area contributed by atoms with Gasteiger partial charge in [-0.15, -0.1) is 0 Å². The molecule has 2 aliphatic rings. The molecule has 70 valence electrons. The molecule has 0 spiro atoms. The molecule has 0 aromatic carbocycles. The Hall–Kier alpha value is 0.400. The highest BCUT2D eigenvalue weighted by Gasteiger charge is 2.43. The van der Waals surface area contributed by atoms with Crippen LogP contribution in [0.2, 0.25) is 0 Å². The number of halogens is 1. The van der Waals surface area contributed by atoms with E-state index < -0.39 is 0 Å². The zero-order valence-corrected chi connectivity index (χ0v) is 9.13. The zero-order valence-electron chi connectivity index (χ0n) is 7.55. The third-order valence-electron chi connectivity index (χ3n) is 2.54. The molecule has 1 aliphatic heterocycles. The van der Waals surface area contributed by atoms with E-state index in [4.69, 9.17) is 9.47 Å². The van der Waals surface area contributed by atoms with Gasteiger partial charge in [0, 0.05) is 4.83 Å². The Morgan fingerprint density at radius 1 is 1.17 bits per heavy atom. The Kier molecular flexibility index (Phi) is 2.22. The lowest BCUT2D eigenvalue weighted by atomic mass is 9.95. The quantitative estimate of drug-likeness (QED) is 0.600. The minimum atomic E-state index is -0.355. The Bertz CT molecular complexity index is 181. The SMILES string of the molecule is CC1(C)OC2CCC(Br)CC2O1. The van der Waals surface area contributed by atoms with Crippen LogP contribution >= 0.6 is 15.9 Å². The minimum Gasteiger partial charge on any atom is -0.345 e. The van der Waals surface area contributed by atoms with Gasteiger partial charge in [-0.05, 0) is 33.1 Å². The molecule has 1 heterocycles. The molecule has 1 aliphatic carbocycles. The first-order valence-corrected chi connectivity index (χ1v) is 5.48. The van der Waals surface area contributed by atoms with E-state index in [0.717, 1.165) is 12.8 Å². The van der Waals surface area contributed by atoms with Crippen molar-refractivity contribution in [3.8, 4) is 0 Å². The highest BCUT2D eigenvalue weighted by molar-refractivity contribution is 9.09. The van der Waals surface area contributed by atoms with Crippen LogP contribution in [0.4, 0.5) is 0 Å². The van der Waals surface area contributed by atoms with Gasteiger partial charge < -0.3 is 9.47 Å². The monoisotopic (exact) mass is 234 g/mol. The Morgan fingerprint density at radius 3 is 2.58 bits per heavy atom. The van der Waals surface area contributed by atoms with Crippen molar-refractivity contribution in [2.45, 2.75) is 55.9 Å². The van der Waals surface area contributed by atoms with Crippen molar-refractivity contribution in [2.24, 2.45) is 0 Å². The van der Waals surface area contributed by atoms with E-state index in [1.807, 2.05) is 13.8 Å². The highest BCUT2D eigenvalue weighted by atomic mass is 79.9. The van der Waals surface area contributed by atoms with Crippen LogP contribution in [0.3, 0.4) is 0 Å².